The Labute approximate surface area is 98.3 Å². The van der Waals surface area contributed by atoms with Crippen molar-refractivity contribution in [1.82, 2.24) is 10.2 Å². The van der Waals surface area contributed by atoms with E-state index in [0.717, 1.165) is 13.0 Å². The van der Waals surface area contributed by atoms with Gasteiger partial charge >= 0.3 is 0 Å². The summed E-state index contributed by atoms with van der Waals surface area (Å²) in [6.07, 6.45) is 1.20. The maximum atomic E-state index is 12.0. The number of likely N-dealkylation sites (N-methyl/N-ethyl adjacent to an activating group) is 1. The van der Waals surface area contributed by atoms with Gasteiger partial charge in [-0.3, -0.25) is 4.79 Å². The number of ether oxygens (including phenoxy) is 1. The number of rotatable bonds is 4. The predicted octanol–water partition coefficient (Wildman–Crippen LogP) is 0.866. The molecule has 0 aliphatic carbocycles. The van der Waals surface area contributed by atoms with Crippen molar-refractivity contribution in [2.24, 2.45) is 5.92 Å². The van der Waals surface area contributed by atoms with Gasteiger partial charge < -0.3 is 15.0 Å². The van der Waals surface area contributed by atoms with Crippen molar-refractivity contribution < 1.29 is 9.53 Å². The Kier molecular flexibility index (Phi) is 4.74. The summed E-state index contributed by atoms with van der Waals surface area (Å²) in [5, 5.41) is 3.43. The maximum absolute atomic E-state index is 12.0. The first-order chi connectivity index (χ1) is 7.43. The van der Waals surface area contributed by atoms with Gasteiger partial charge in [-0.15, -0.1) is 0 Å². The van der Waals surface area contributed by atoms with Gasteiger partial charge in [0.1, 0.15) is 0 Å². The number of nitrogens with one attached hydrogen (secondary N) is 1. The van der Waals surface area contributed by atoms with E-state index in [0.29, 0.717) is 12.0 Å². The van der Waals surface area contributed by atoms with Crippen molar-refractivity contribution in [3.8, 4) is 0 Å². The van der Waals surface area contributed by atoms with Crippen molar-refractivity contribution in [1.29, 1.82) is 0 Å². The summed E-state index contributed by atoms with van der Waals surface area (Å²) < 4.78 is 5.50. The van der Waals surface area contributed by atoms with Gasteiger partial charge in [-0.1, -0.05) is 13.8 Å². The fourth-order valence-electron chi connectivity index (χ4n) is 2.01. The molecule has 1 rings (SSSR count). The summed E-state index contributed by atoms with van der Waals surface area (Å²) in [7, 11) is 3.60. The monoisotopic (exact) mass is 228 g/mol. The van der Waals surface area contributed by atoms with Gasteiger partial charge in [-0.25, -0.2) is 0 Å². The molecule has 16 heavy (non-hydrogen) atoms. The minimum atomic E-state index is -0.107. The number of nitrogens with zero attached hydrogens (tertiary/aromatic N) is 1. The van der Waals surface area contributed by atoms with Crippen LogP contribution in [-0.4, -0.2) is 49.7 Å². The van der Waals surface area contributed by atoms with Gasteiger partial charge in [0.05, 0.1) is 12.1 Å². The third-order valence-corrected chi connectivity index (χ3v) is 3.14. The molecule has 1 amide bonds. The van der Waals surface area contributed by atoms with Crippen LogP contribution in [0.25, 0.3) is 0 Å². The van der Waals surface area contributed by atoms with Crippen LogP contribution in [0.3, 0.4) is 0 Å². The first kappa shape index (κ1) is 13.5. The van der Waals surface area contributed by atoms with Gasteiger partial charge in [0.25, 0.3) is 0 Å². The van der Waals surface area contributed by atoms with E-state index in [1.807, 2.05) is 0 Å². The lowest BCUT2D eigenvalue weighted by Gasteiger charge is -2.28. The summed E-state index contributed by atoms with van der Waals surface area (Å²) in [4.78, 5) is 13.7. The molecule has 0 aromatic carbocycles. The molecule has 3 atom stereocenters. The zero-order chi connectivity index (χ0) is 12.3. The summed E-state index contributed by atoms with van der Waals surface area (Å²) in [6, 6.07) is 0.195. The zero-order valence-electron chi connectivity index (χ0n) is 11.0. The lowest BCUT2D eigenvalue weighted by Crippen LogP contribution is -2.52. The number of carbonyl (C=O) groups is 1. The summed E-state index contributed by atoms with van der Waals surface area (Å²) in [5.74, 6) is 0.441. The highest BCUT2D eigenvalue weighted by Gasteiger charge is 2.31. The molecular weight excluding hydrogens is 204 g/mol. The van der Waals surface area contributed by atoms with Crippen LogP contribution in [0.1, 0.15) is 27.2 Å². The Morgan fingerprint density at radius 1 is 1.44 bits per heavy atom. The third kappa shape index (κ3) is 3.19. The molecule has 1 aliphatic rings. The van der Waals surface area contributed by atoms with Crippen molar-refractivity contribution in [2.75, 3.05) is 20.7 Å². The molecule has 94 valence electrons. The van der Waals surface area contributed by atoms with Crippen LogP contribution in [0, 0.1) is 5.92 Å². The summed E-state index contributed by atoms with van der Waals surface area (Å²) in [6.45, 7) is 6.99. The smallest absolute Gasteiger partial charge is 0.239 e. The molecule has 0 radical (unpaired) electrons. The molecule has 1 fully saturated rings. The maximum Gasteiger partial charge on any atom is 0.239 e. The molecule has 4 nitrogen and oxygen atoms in total. The van der Waals surface area contributed by atoms with Crippen LogP contribution in [-0.2, 0) is 9.53 Å². The molecule has 0 aromatic rings. The van der Waals surface area contributed by atoms with Crippen molar-refractivity contribution >= 4 is 5.91 Å². The molecule has 1 heterocycles. The van der Waals surface area contributed by atoms with E-state index in [1.165, 1.54) is 0 Å². The average Bonchev–Trinajstić information content (AvgIpc) is 2.59. The summed E-state index contributed by atoms with van der Waals surface area (Å²) in [5.41, 5.74) is 0. The van der Waals surface area contributed by atoms with E-state index in [4.69, 9.17) is 4.74 Å². The van der Waals surface area contributed by atoms with Crippen LogP contribution in [0.5, 0.6) is 0 Å². The quantitative estimate of drug-likeness (QED) is 0.776. The molecule has 1 aliphatic heterocycles. The molecule has 0 bridgehead atoms. The lowest BCUT2D eigenvalue weighted by molar-refractivity contribution is -0.132. The fourth-order valence-corrected chi connectivity index (χ4v) is 2.01. The molecular formula is C12H24N2O2. The standard InChI is InChI=1S/C12H24N2O2/c1-8(2)11(12(15)14(4)5)13-10-6-7-16-9(10)3/h8-11,13H,6-7H2,1-5H3. The van der Waals surface area contributed by atoms with Gasteiger partial charge in [0.2, 0.25) is 5.91 Å². The number of carbonyl (C=O) groups excluding carboxylic acids is 1. The Hall–Kier alpha value is -0.610. The highest BCUT2D eigenvalue weighted by Crippen LogP contribution is 2.15. The van der Waals surface area contributed by atoms with E-state index in [1.54, 1.807) is 19.0 Å². The zero-order valence-corrected chi connectivity index (χ0v) is 11.0. The minimum Gasteiger partial charge on any atom is -0.377 e. The second-order valence-corrected chi connectivity index (χ2v) is 5.09. The van der Waals surface area contributed by atoms with E-state index < -0.39 is 0 Å². The van der Waals surface area contributed by atoms with E-state index in [2.05, 4.69) is 26.1 Å². The van der Waals surface area contributed by atoms with Crippen LogP contribution >= 0.6 is 0 Å². The number of hydrogen-bond acceptors (Lipinski definition) is 3. The largest absolute Gasteiger partial charge is 0.377 e. The Balaban J connectivity index is 2.61. The molecule has 4 heteroatoms. The summed E-state index contributed by atoms with van der Waals surface area (Å²) >= 11 is 0. The molecule has 0 saturated carbocycles. The second-order valence-electron chi connectivity index (χ2n) is 5.09. The van der Waals surface area contributed by atoms with Crippen molar-refractivity contribution in [2.45, 2.75) is 45.4 Å². The Bertz CT molecular complexity index is 241. The molecule has 1 N–H and O–H groups in total. The van der Waals surface area contributed by atoms with E-state index in [-0.39, 0.29) is 18.1 Å². The van der Waals surface area contributed by atoms with Gasteiger partial charge in [0, 0.05) is 26.7 Å². The van der Waals surface area contributed by atoms with Crippen molar-refractivity contribution in [3.05, 3.63) is 0 Å². The van der Waals surface area contributed by atoms with Gasteiger partial charge in [-0.05, 0) is 19.3 Å². The average molecular weight is 228 g/mol. The molecule has 0 aromatic heterocycles. The normalized spacial score (nSPS) is 27.1. The molecule has 1 saturated heterocycles. The van der Waals surface area contributed by atoms with Crippen LogP contribution in [0.2, 0.25) is 0 Å². The fraction of sp³-hybridized carbons (Fsp3) is 0.917. The van der Waals surface area contributed by atoms with Crippen LogP contribution in [0.4, 0.5) is 0 Å². The van der Waals surface area contributed by atoms with E-state index in [9.17, 15) is 4.79 Å². The van der Waals surface area contributed by atoms with Crippen LogP contribution < -0.4 is 5.32 Å². The van der Waals surface area contributed by atoms with E-state index >= 15 is 0 Å². The lowest BCUT2D eigenvalue weighted by atomic mass is 10.0. The van der Waals surface area contributed by atoms with Crippen LogP contribution in [0.15, 0.2) is 0 Å². The third-order valence-electron chi connectivity index (χ3n) is 3.14. The highest BCUT2D eigenvalue weighted by molar-refractivity contribution is 5.81. The van der Waals surface area contributed by atoms with Gasteiger partial charge in [-0.2, -0.15) is 0 Å². The Morgan fingerprint density at radius 2 is 2.06 bits per heavy atom. The number of hydrogen-bond donors (Lipinski definition) is 1. The number of amides is 1. The molecule has 0 spiro atoms. The minimum absolute atomic E-state index is 0.107. The SMILES string of the molecule is CC(C)C(NC1CCOC1C)C(=O)N(C)C. The van der Waals surface area contributed by atoms with Gasteiger partial charge in [0.15, 0.2) is 0 Å². The van der Waals surface area contributed by atoms with Crippen molar-refractivity contribution in [3.63, 3.8) is 0 Å². The highest BCUT2D eigenvalue weighted by atomic mass is 16.5. The predicted molar refractivity (Wildman–Crippen MR) is 64.3 cm³/mol. The second kappa shape index (κ2) is 5.64. The first-order valence-corrected chi connectivity index (χ1v) is 6.02. The first-order valence-electron chi connectivity index (χ1n) is 6.02. The Morgan fingerprint density at radius 3 is 2.44 bits per heavy atom. The molecule has 3 unspecified atom stereocenters. The topological polar surface area (TPSA) is 41.6 Å².